The van der Waals surface area contributed by atoms with Crippen LogP contribution in [0.3, 0.4) is 0 Å². The largest absolute Gasteiger partial charge is 0.395 e. The maximum atomic E-state index is 12.1. The van der Waals surface area contributed by atoms with Crippen molar-refractivity contribution < 1.29 is 9.90 Å². The summed E-state index contributed by atoms with van der Waals surface area (Å²) < 4.78 is 0. The second kappa shape index (κ2) is 7.63. The summed E-state index contributed by atoms with van der Waals surface area (Å²) in [6.45, 7) is 2.14. The van der Waals surface area contributed by atoms with Gasteiger partial charge in [0, 0.05) is 22.5 Å². The van der Waals surface area contributed by atoms with E-state index in [1.54, 1.807) is 0 Å². The number of nitrogens with one attached hydrogen (secondary N) is 1. The molecule has 2 rings (SSSR count). The number of benzene rings is 1. The van der Waals surface area contributed by atoms with Crippen LogP contribution >= 0.6 is 11.3 Å². The van der Waals surface area contributed by atoms with E-state index in [1.807, 2.05) is 36.4 Å². The Morgan fingerprint density at radius 2 is 2.00 bits per heavy atom. The van der Waals surface area contributed by atoms with Crippen molar-refractivity contribution >= 4 is 22.9 Å². The van der Waals surface area contributed by atoms with Crippen molar-refractivity contribution in [2.24, 2.45) is 0 Å². The van der Waals surface area contributed by atoms with Gasteiger partial charge in [-0.1, -0.05) is 18.8 Å². The van der Waals surface area contributed by atoms with E-state index in [9.17, 15) is 4.79 Å². The lowest BCUT2D eigenvalue weighted by Crippen LogP contribution is -2.09. The first-order valence-corrected chi connectivity index (χ1v) is 7.64. The number of anilines is 1. The lowest BCUT2D eigenvalue weighted by molar-refractivity contribution is 0.103. The molecule has 1 heterocycles. The minimum atomic E-state index is -0.0844. The number of carbonyl (C=O) groups is 1. The second-order valence-electron chi connectivity index (χ2n) is 4.43. The van der Waals surface area contributed by atoms with Gasteiger partial charge in [0.1, 0.15) is 0 Å². The van der Waals surface area contributed by atoms with E-state index in [4.69, 9.17) is 5.11 Å². The van der Waals surface area contributed by atoms with Crippen LogP contribution in [0.25, 0.3) is 0 Å². The average Bonchev–Trinajstić information content (AvgIpc) is 2.98. The van der Waals surface area contributed by atoms with Gasteiger partial charge in [0.2, 0.25) is 0 Å². The van der Waals surface area contributed by atoms with E-state index in [0.29, 0.717) is 6.42 Å². The van der Waals surface area contributed by atoms with E-state index >= 15 is 0 Å². The van der Waals surface area contributed by atoms with Gasteiger partial charge in [0.25, 0.3) is 5.91 Å². The summed E-state index contributed by atoms with van der Waals surface area (Å²) in [6, 6.07) is 11.2. The van der Waals surface area contributed by atoms with Gasteiger partial charge < -0.3 is 10.4 Å². The zero-order chi connectivity index (χ0) is 15.1. The Morgan fingerprint density at radius 3 is 2.62 bits per heavy atom. The van der Waals surface area contributed by atoms with Gasteiger partial charge in [0.05, 0.1) is 11.5 Å². The Kier molecular flexibility index (Phi) is 5.56. The number of rotatable bonds is 4. The zero-order valence-corrected chi connectivity index (χ0v) is 12.7. The number of aliphatic hydroxyl groups is 1. The van der Waals surface area contributed by atoms with Crippen molar-refractivity contribution in [3.05, 3.63) is 51.7 Å². The smallest absolute Gasteiger partial charge is 0.265 e. The summed E-state index contributed by atoms with van der Waals surface area (Å²) in [5.41, 5.74) is 1.62. The lowest BCUT2D eigenvalue weighted by atomic mass is 10.2. The molecule has 108 valence electrons. The first-order valence-electron chi connectivity index (χ1n) is 6.82. The van der Waals surface area contributed by atoms with Crippen LogP contribution in [-0.4, -0.2) is 17.6 Å². The number of amides is 1. The molecule has 0 aliphatic rings. The summed E-state index contributed by atoms with van der Waals surface area (Å²) in [5, 5.41) is 11.5. The number of aryl methyl sites for hydroxylation is 1. The predicted octanol–water partition coefficient (Wildman–Crippen LogP) is 3.30. The molecule has 0 fully saturated rings. The highest BCUT2D eigenvalue weighted by molar-refractivity contribution is 7.14. The van der Waals surface area contributed by atoms with Gasteiger partial charge in [-0.25, -0.2) is 0 Å². The van der Waals surface area contributed by atoms with Crippen LogP contribution in [0.15, 0.2) is 36.4 Å². The molecule has 0 radical (unpaired) electrons. The van der Waals surface area contributed by atoms with Crippen LogP contribution in [0.4, 0.5) is 5.69 Å². The lowest BCUT2D eigenvalue weighted by Gasteiger charge is -2.03. The van der Waals surface area contributed by atoms with Gasteiger partial charge in [-0.2, -0.15) is 0 Å². The molecule has 2 aromatic rings. The van der Waals surface area contributed by atoms with Gasteiger partial charge in [-0.3, -0.25) is 4.79 Å². The molecule has 0 spiro atoms. The molecule has 4 heteroatoms. The van der Waals surface area contributed by atoms with Crippen molar-refractivity contribution in [1.29, 1.82) is 0 Å². The molecule has 2 N–H and O–H groups in total. The van der Waals surface area contributed by atoms with E-state index in [2.05, 4.69) is 24.1 Å². The average molecular weight is 299 g/mol. The van der Waals surface area contributed by atoms with Crippen molar-refractivity contribution in [2.45, 2.75) is 19.8 Å². The van der Waals surface area contributed by atoms with Crippen LogP contribution in [0.2, 0.25) is 0 Å². The predicted molar refractivity (Wildman–Crippen MR) is 86.7 cm³/mol. The van der Waals surface area contributed by atoms with Gasteiger partial charge in [-0.15, -0.1) is 11.3 Å². The third-order valence-electron chi connectivity index (χ3n) is 2.85. The molecule has 1 aromatic heterocycles. The van der Waals surface area contributed by atoms with E-state index < -0.39 is 0 Å². The van der Waals surface area contributed by atoms with Crippen molar-refractivity contribution in [1.82, 2.24) is 0 Å². The standard InChI is InChI=1S/C17H17NO2S/c1-2-15-10-11-16(21-15)17(20)18-14-8-6-13(7-9-14)5-3-4-12-19/h6-11,19H,2,4,12H2,1H3,(H,18,20). The summed E-state index contributed by atoms with van der Waals surface area (Å²) in [6.07, 6.45) is 1.41. The zero-order valence-electron chi connectivity index (χ0n) is 11.8. The van der Waals surface area contributed by atoms with E-state index in [1.165, 1.54) is 16.2 Å². The molecule has 3 nitrogen and oxygen atoms in total. The van der Waals surface area contributed by atoms with Crippen LogP contribution in [0.5, 0.6) is 0 Å². The Hall–Kier alpha value is -2.09. The molecule has 0 unspecified atom stereocenters. The molecule has 1 amide bonds. The molecule has 0 aliphatic carbocycles. The first-order chi connectivity index (χ1) is 10.2. The molecule has 0 saturated heterocycles. The number of carbonyl (C=O) groups excluding carboxylic acids is 1. The number of aliphatic hydroxyl groups excluding tert-OH is 1. The highest BCUT2D eigenvalue weighted by Crippen LogP contribution is 2.18. The van der Waals surface area contributed by atoms with E-state index in [-0.39, 0.29) is 12.5 Å². The third-order valence-corrected chi connectivity index (χ3v) is 4.07. The SMILES string of the molecule is CCc1ccc(C(=O)Nc2ccc(C#CCCO)cc2)s1. The monoisotopic (exact) mass is 299 g/mol. The molecule has 21 heavy (non-hydrogen) atoms. The van der Waals surface area contributed by atoms with Crippen molar-refractivity contribution in [2.75, 3.05) is 11.9 Å². The Morgan fingerprint density at radius 1 is 1.24 bits per heavy atom. The topological polar surface area (TPSA) is 49.3 Å². The fourth-order valence-corrected chi connectivity index (χ4v) is 2.58. The summed E-state index contributed by atoms with van der Waals surface area (Å²) in [7, 11) is 0. The second-order valence-corrected chi connectivity index (χ2v) is 5.59. The fourth-order valence-electron chi connectivity index (χ4n) is 1.74. The first kappa shape index (κ1) is 15.3. The van der Waals surface area contributed by atoms with Crippen LogP contribution in [0, 0.1) is 11.8 Å². The Labute approximate surface area is 128 Å². The fraction of sp³-hybridized carbons (Fsp3) is 0.235. The number of hydrogen-bond acceptors (Lipinski definition) is 3. The molecule has 0 aliphatic heterocycles. The van der Waals surface area contributed by atoms with Crippen LogP contribution < -0.4 is 5.32 Å². The van der Waals surface area contributed by atoms with Crippen molar-refractivity contribution in [3.63, 3.8) is 0 Å². The maximum Gasteiger partial charge on any atom is 0.265 e. The minimum absolute atomic E-state index is 0.0711. The normalized spacial score (nSPS) is 9.81. The molecule has 1 aromatic carbocycles. The minimum Gasteiger partial charge on any atom is -0.395 e. The summed E-state index contributed by atoms with van der Waals surface area (Å²) in [4.78, 5) is 14.0. The molecular weight excluding hydrogens is 282 g/mol. The molecular formula is C17H17NO2S. The molecule has 0 bridgehead atoms. The summed E-state index contributed by atoms with van der Waals surface area (Å²) >= 11 is 1.52. The van der Waals surface area contributed by atoms with Crippen LogP contribution in [-0.2, 0) is 6.42 Å². The molecule has 0 saturated carbocycles. The van der Waals surface area contributed by atoms with Gasteiger partial charge in [-0.05, 0) is 42.8 Å². The van der Waals surface area contributed by atoms with Gasteiger partial charge >= 0.3 is 0 Å². The highest BCUT2D eigenvalue weighted by atomic mass is 32.1. The Balaban J connectivity index is 2.00. The highest BCUT2D eigenvalue weighted by Gasteiger charge is 2.08. The quantitative estimate of drug-likeness (QED) is 0.851. The Bertz CT molecular complexity index is 662. The third kappa shape index (κ3) is 4.45. The maximum absolute atomic E-state index is 12.1. The van der Waals surface area contributed by atoms with E-state index in [0.717, 1.165) is 22.5 Å². The molecule has 0 atom stereocenters. The summed E-state index contributed by atoms with van der Waals surface area (Å²) in [5.74, 6) is 5.72. The van der Waals surface area contributed by atoms with Crippen molar-refractivity contribution in [3.8, 4) is 11.8 Å². The van der Waals surface area contributed by atoms with Gasteiger partial charge in [0.15, 0.2) is 0 Å². The number of thiophene rings is 1. The number of hydrogen-bond donors (Lipinski definition) is 2. The van der Waals surface area contributed by atoms with Crippen LogP contribution in [0.1, 0.15) is 33.5 Å².